The minimum Gasteiger partial charge on any atom is -0.381 e. The fourth-order valence-electron chi connectivity index (χ4n) is 10.3. The zero-order valence-electron chi connectivity index (χ0n) is 25.2. The van der Waals surface area contributed by atoms with Crippen molar-refractivity contribution in [3.05, 3.63) is 23.3 Å². The van der Waals surface area contributed by atoms with Gasteiger partial charge >= 0.3 is 0 Å². The van der Waals surface area contributed by atoms with Crippen molar-refractivity contribution in [3.63, 3.8) is 0 Å². The van der Waals surface area contributed by atoms with Crippen LogP contribution in [0.15, 0.2) is 23.3 Å². The van der Waals surface area contributed by atoms with E-state index in [1.807, 2.05) is 26.8 Å². The Kier molecular flexibility index (Phi) is 6.06. The largest absolute Gasteiger partial charge is 0.381 e. The number of nitriles is 1. The molecule has 6 nitrogen and oxygen atoms in total. The second kappa shape index (κ2) is 8.42. The fourth-order valence-corrected chi connectivity index (χ4v) is 10.3. The molecule has 1 amide bonds. The average molecular weight is 545 g/mol. The molecule has 0 aromatic carbocycles. The summed E-state index contributed by atoms with van der Waals surface area (Å²) in [5, 5.41) is 25.9. The van der Waals surface area contributed by atoms with Crippen molar-refractivity contribution in [1.29, 1.82) is 5.26 Å². The molecule has 0 unspecified atom stereocenters. The summed E-state index contributed by atoms with van der Waals surface area (Å²) in [6.45, 7) is 14.4. The lowest BCUT2D eigenvalue weighted by atomic mass is 9.33. The predicted octanol–water partition coefficient (Wildman–Crippen LogP) is 5.21. The van der Waals surface area contributed by atoms with Crippen LogP contribution in [0.25, 0.3) is 0 Å². The van der Waals surface area contributed by atoms with E-state index in [9.17, 15) is 24.8 Å². The Bertz CT molecular complexity index is 1360. The summed E-state index contributed by atoms with van der Waals surface area (Å²) in [7, 11) is 0. The highest BCUT2D eigenvalue weighted by Crippen LogP contribution is 2.75. The van der Waals surface area contributed by atoms with Crippen LogP contribution in [0.5, 0.6) is 0 Å². The maximum absolute atomic E-state index is 14.5. The summed E-state index contributed by atoms with van der Waals surface area (Å²) in [5.41, 5.74) is -3.97. The van der Waals surface area contributed by atoms with E-state index < -0.39 is 32.8 Å². The highest BCUT2D eigenvalue weighted by Gasteiger charge is 2.75. The molecule has 0 radical (unpaired) electrons. The van der Waals surface area contributed by atoms with Gasteiger partial charge in [0, 0.05) is 27.7 Å². The third-order valence-electron chi connectivity index (χ3n) is 13.0. The van der Waals surface area contributed by atoms with Gasteiger partial charge in [-0.05, 0) is 80.3 Å². The number of allylic oxidation sites excluding steroid dienone is 3. The maximum Gasteiger partial charge on any atom is 0.232 e. The van der Waals surface area contributed by atoms with Crippen molar-refractivity contribution in [3.8, 4) is 18.4 Å². The molecule has 3 saturated carbocycles. The first-order chi connectivity index (χ1) is 18.4. The quantitative estimate of drug-likeness (QED) is 0.464. The van der Waals surface area contributed by atoms with Crippen molar-refractivity contribution >= 4 is 17.5 Å². The van der Waals surface area contributed by atoms with Crippen LogP contribution in [-0.2, 0) is 14.4 Å². The Morgan fingerprint density at radius 1 is 1.05 bits per heavy atom. The number of nitrogens with zero attached hydrogens (tertiary/aromatic N) is 1. The minimum absolute atomic E-state index is 0.000585. The lowest BCUT2D eigenvalue weighted by Gasteiger charge is -2.71. The molecular weight excluding hydrogens is 500 g/mol. The normalized spacial score (nSPS) is 47.1. The van der Waals surface area contributed by atoms with Crippen LogP contribution in [0.1, 0.15) is 99.8 Å². The molecule has 0 saturated heterocycles. The van der Waals surface area contributed by atoms with Gasteiger partial charge in [0.25, 0.3) is 0 Å². The third kappa shape index (κ3) is 3.35. The number of nitrogens with one attached hydrogen (secondary N) is 1. The van der Waals surface area contributed by atoms with Crippen molar-refractivity contribution < 1.29 is 19.5 Å². The highest BCUT2D eigenvalue weighted by molar-refractivity contribution is 6.05. The summed E-state index contributed by atoms with van der Waals surface area (Å²) in [6, 6.07) is 2.14. The molecule has 5 aliphatic carbocycles. The molecule has 0 bridgehead atoms. The lowest BCUT2D eigenvalue weighted by molar-refractivity contribution is -0.240. The van der Waals surface area contributed by atoms with Gasteiger partial charge in [0.2, 0.25) is 5.91 Å². The van der Waals surface area contributed by atoms with E-state index in [0.29, 0.717) is 12.8 Å². The van der Waals surface area contributed by atoms with Gasteiger partial charge in [0.15, 0.2) is 11.6 Å². The molecule has 0 aromatic heterocycles. The fraction of sp³-hybridized carbons (Fsp3) is 0.706. The topological polar surface area (TPSA) is 107 Å². The number of aliphatic hydroxyl groups is 1. The number of hydrogen-bond donors (Lipinski definition) is 2. The zero-order valence-corrected chi connectivity index (χ0v) is 25.2. The molecule has 5 aliphatic rings. The summed E-state index contributed by atoms with van der Waals surface area (Å²) in [6.07, 6.45) is 14.1. The second-order valence-electron chi connectivity index (χ2n) is 15.3. The Morgan fingerprint density at radius 2 is 1.70 bits per heavy atom. The van der Waals surface area contributed by atoms with Gasteiger partial charge in [0.1, 0.15) is 11.7 Å². The molecule has 0 aromatic rings. The first-order valence-electron chi connectivity index (χ1n) is 14.8. The number of terminal acetylenes is 1. The first-order valence-corrected chi connectivity index (χ1v) is 14.8. The molecule has 3 fully saturated rings. The standard InChI is InChI=1S/C34H44N2O4/c1-9-10-26(38)36-30(5)15-13-29(4)14-16-33(8)32(7)12-11-22-28(2,3)27(39)21(20-35)18-31(22,6)23(32)17-25(37)34(33,40)24(29)19-30/h1,17-18,22,24,40H,10-16,19H2,2-8H3,(H,36,38)/t22-,24+,29-,30-,31-,32+,33-,34+/m0/s1. The maximum atomic E-state index is 14.5. The van der Waals surface area contributed by atoms with Crippen LogP contribution in [-0.4, -0.2) is 33.7 Å². The first kappa shape index (κ1) is 28.8. The number of ketones is 2. The number of carbonyl (C=O) groups is 3. The van der Waals surface area contributed by atoms with Crippen molar-refractivity contribution in [1.82, 2.24) is 5.32 Å². The van der Waals surface area contributed by atoms with E-state index in [-0.39, 0.29) is 46.7 Å². The molecule has 40 heavy (non-hydrogen) atoms. The Balaban J connectivity index is 1.66. The van der Waals surface area contributed by atoms with E-state index >= 15 is 0 Å². The van der Waals surface area contributed by atoms with Gasteiger partial charge < -0.3 is 10.4 Å². The SMILES string of the molecule is C#CCC(=O)N[C@@]1(C)CC[C@@]2(C)CC[C@@]3(C)[C@]4(C)CC[C@H]5C(C)(C)C(=O)C(C#N)=C[C@]5(C)C4=CC(=O)[C@]3(O)[C@@H]2C1. The van der Waals surface area contributed by atoms with Crippen LogP contribution in [0, 0.1) is 62.6 Å². The molecule has 8 atom stereocenters. The average Bonchev–Trinajstić information content (AvgIpc) is 2.87. The van der Waals surface area contributed by atoms with Crippen molar-refractivity contribution in [2.24, 2.45) is 38.9 Å². The van der Waals surface area contributed by atoms with Gasteiger partial charge in [-0.1, -0.05) is 53.5 Å². The summed E-state index contributed by atoms with van der Waals surface area (Å²) in [5.74, 6) is 1.41. The number of amides is 1. The van der Waals surface area contributed by atoms with Gasteiger partial charge in [-0.25, -0.2) is 0 Å². The summed E-state index contributed by atoms with van der Waals surface area (Å²) < 4.78 is 0. The molecular formula is C34H44N2O4. The molecule has 0 aliphatic heterocycles. The molecule has 6 heteroatoms. The Labute approximate surface area is 239 Å². The monoisotopic (exact) mass is 544 g/mol. The number of Topliss-reactive ketones (excluding diaryl/α,β-unsaturated/α-hetero) is 1. The van der Waals surface area contributed by atoms with Crippen molar-refractivity contribution in [2.75, 3.05) is 0 Å². The number of carbonyl (C=O) groups excluding carboxylic acids is 3. The summed E-state index contributed by atoms with van der Waals surface area (Å²) in [4.78, 5) is 40.3. The van der Waals surface area contributed by atoms with Crippen LogP contribution < -0.4 is 5.32 Å². The molecule has 0 spiro atoms. The van der Waals surface area contributed by atoms with E-state index in [1.54, 1.807) is 6.08 Å². The Hall–Kier alpha value is -2.70. The Morgan fingerprint density at radius 3 is 2.33 bits per heavy atom. The number of fused-ring (bicyclic) bond motifs is 7. The van der Waals surface area contributed by atoms with Gasteiger partial charge in [-0.2, -0.15) is 5.26 Å². The highest BCUT2D eigenvalue weighted by atomic mass is 16.3. The molecule has 2 N–H and O–H groups in total. The number of hydrogen-bond acceptors (Lipinski definition) is 5. The predicted molar refractivity (Wildman–Crippen MR) is 152 cm³/mol. The van der Waals surface area contributed by atoms with Crippen molar-refractivity contribution in [2.45, 2.75) is 111 Å². The van der Waals surface area contributed by atoms with Gasteiger partial charge in [-0.3, -0.25) is 14.4 Å². The van der Waals surface area contributed by atoms with Crippen LogP contribution in [0.2, 0.25) is 0 Å². The van der Waals surface area contributed by atoms with E-state index in [4.69, 9.17) is 6.42 Å². The molecule has 0 heterocycles. The van der Waals surface area contributed by atoms with Crippen LogP contribution in [0.4, 0.5) is 0 Å². The van der Waals surface area contributed by atoms with E-state index in [0.717, 1.165) is 37.7 Å². The molecule has 5 rings (SSSR count). The lowest BCUT2D eigenvalue weighted by Crippen LogP contribution is -2.74. The second-order valence-corrected chi connectivity index (χ2v) is 15.3. The zero-order chi connectivity index (χ0) is 29.7. The molecule has 214 valence electrons. The smallest absolute Gasteiger partial charge is 0.232 e. The summed E-state index contributed by atoms with van der Waals surface area (Å²) >= 11 is 0. The van der Waals surface area contributed by atoms with E-state index in [1.165, 1.54) is 0 Å². The minimum atomic E-state index is -1.61. The van der Waals surface area contributed by atoms with Gasteiger partial charge in [0.05, 0.1) is 12.0 Å². The van der Waals surface area contributed by atoms with Crippen LogP contribution in [0.3, 0.4) is 0 Å². The number of rotatable bonds is 2. The van der Waals surface area contributed by atoms with Crippen LogP contribution >= 0.6 is 0 Å². The van der Waals surface area contributed by atoms with Gasteiger partial charge in [-0.15, -0.1) is 6.42 Å². The third-order valence-corrected chi connectivity index (χ3v) is 13.0. The van der Waals surface area contributed by atoms with E-state index in [2.05, 4.69) is 45.0 Å².